The number of carbonyl (C=O) groups excluding carboxylic acids is 1. The van der Waals surface area contributed by atoms with Crippen LogP contribution in [0.15, 0.2) is 28.7 Å². The van der Waals surface area contributed by atoms with E-state index in [9.17, 15) is 4.79 Å². The van der Waals surface area contributed by atoms with Gasteiger partial charge in [0.1, 0.15) is 0 Å². The number of hydrogen-bond acceptors (Lipinski definition) is 2. The van der Waals surface area contributed by atoms with E-state index in [-0.39, 0.29) is 17.4 Å². The Morgan fingerprint density at radius 2 is 1.88 bits per heavy atom. The molecule has 0 saturated heterocycles. The Balaban J connectivity index is 2.68. The molecule has 0 aliphatic heterocycles. The summed E-state index contributed by atoms with van der Waals surface area (Å²) in [6, 6.07) is 7.86. The lowest BCUT2D eigenvalue weighted by atomic mass is 9.81. The first-order chi connectivity index (χ1) is 7.80. The Hall–Kier alpha value is -0.870. The molecule has 1 aromatic carbocycles. The lowest BCUT2D eigenvalue weighted by Crippen LogP contribution is -2.27. The van der Waals surface area contributed by atoms with Gasteiger partial charge in [-0.05, 0) is 29.5 Å². The summed E-state index contributed by atoms with van der Waals surface area (Å²) >= 11 is 3.39. The second kappa shape index (κ2) is 5.65. The van der Waals surface area contributed by atoms with Crippen LogP contribution in [-0.4, -0.2) is 5.91 Å². The fraction of sp³-hybridized carbons (Fsp3) is 0.462. The second-order valence-corrected chi connectivity index (χ2v) is 6.09. The summed E-state index contributed by atoms with van der Waals surface area (Å²) in [7, 11) is 0. The third-order valence-electron chi connectivity index (χ3n) is 2.72. The molecule has 0 bridgehead atoms. The van der Waals surface area contributed by atoms with Crippen molar-refractivity contribution in [2.24, 2.45) is 16.9 Å². The lowest BCUT2D eigenvalue weighted by Gasteiger charge is -2.26. The van der Waals surface area contributed by atoms with Crippen LogP contribution in [0, 0.1) is 5.41 Å². The number of benzene rings is 1. The molecule has 94 valence electrons. The summed E-state index contributed by atoms with van der Waals surface area (Å²) in [5, 5.41) is 0. The standard InChI is InChI=1S/C13H19BrN2O/c1-13(2,8-12(16)17)7-11(15)9-3-5-10(14)6-4-9/h3-6,11H,7-8,15H2,1-2H3,(H2,16,17). The molecule has 1 rings (SSSR count). The minimum absolute atomic E-state index is 0.0718. The number of amides is 1. The van der Waals surface area contributed by atoms with Crippen molar-refractivity contribution in [3.8, 4) is 0 Å². The van der Waals surface area contributed by atoms with E-state index >= 15 is 0 Å². The van der Waals surface area contributed by atoms with Crippen molar-refractivity contribution >= 4 is 21.8 Å². The van der Waals surface area contributed by atoms with Gasteiger partial charge < -0.3 is 11.5 Å². The molecule has 0 aliphatic rings. The van der Waals surface area contributed by atoms with E-state index in [0.717, 1.165) is 16.5 Å². The van der Waals surface area contributed by atoms with Gasteiger partial charge in [0.15, 0.2) is 0 Å². The van der Waals surface area contributed by atoms with Gasteiger partial charge in [-0.15, -0.1) is 0 Å². The van der Waals surface area contributed by atoms with Crippen LogP contribution < -0.4 is 11.5 Å². The van der Waals surface area contributed by atoms with E-state index in [2.05, 4.69) is 15.9 Å². The average molecular weight is 299 g/mol. The molecule has 1 aromatic rings. The van der Waals surface area contributed by atoms with Gasteiger partial charge >= 0.3 is 0 Å². The van der Waals surface area contributed by atoms with Crippen molar-refractivity contribution in [3.05, 3.63) is 34.3 Å². The average Bonchev–Trinajstić information content (AvgIpc) is 2.15. The molecule has 0 fully saturated rings. The Bertz CT molecular complexity index is 387. The highest BCUT2D eigenvalue weighted by molar-refractivity contribution is 9.10. The summed E-state index contributed by atoms with van der Waals surface area (Å²) in [5.41, 5.74) is 12.3. The maximum absolute atomic E-state index is 11.0. The molecule has 4 N–H and O–H groups in total. The van der Waals surface area contributed by atoms with Crippen molar-refractivity contribution in [2.45, 2.75) is 32.7 Å². The summed E-state index contributed by atoms with van der Waals surface area (Å²) in [4.78, 5) is 11.0. The number of hydrogen-bond donors (Lipinski definition) is 2. The molecular formula is C13H19BrN2O. The molecule has 3 nitrogen and oxygen atoms in total. The van der Waals surface area contributed by atoms with E-state index in [4.69, 9.17) is 11.5 Å². The molecule has 1 atom stereocenters. The highest BCUT2D eigenvalue weighted by Crippen LogP contribution is 2.31. The Morgan fingerprint density at radius 3 is 2.35 bits per heavy atom. The normalized spacial score (nSPS) is 13.4. The van der Waals surface area contributed by atoms with Crippen LogP contribution in [0.3, 0.4) is 0 Å². The highest BCUT2D eigenvalue weighted by Gasteiger charge is 2.24. The molecule has 0 aromatic heterocycles. The van der Waals surface area contributed by atoms with Crippen molar-refractivity contribution in [1.82, 2.24) is 0 Å². The first kappa shape index (κ1) is 14.2. The van der Waals surface area contributed by atoms with Crippen LogP contribution in [0.25, 0.3) is 0 Å². The van der Waals surface area contributed by atoms with Gasteiger partial charge in [-0.1, -0.05) is 41.9 Å². The van der Waals surface area contributed by atoms with E-state index in [1.807, 2.05) is 38.1 Å². The van der Waals surface area contributed by atoms with Crippen LogP contribution in [0.4, 0.5) is 0 Å². The van der Waals surface area contributed by atoms with E-state index in [1.54, 1.807) is 0 Å². The lowest BCUT2D eigenvalue weighted by molar-refractivity contribution is -0.120. The smallest absolute Gasteiger partial charge is 0.217 e. The number of carbonyl (C=O) groups is 1. The maximum Gasteiger partial charge on any atom is 0.217 e. The largest absolute Gasteiger partial charge is 0.370 e. The summed E-state index contributed by atoms with van der Waals surface area (Å²) in [5.74, 6) is -0.280. The van der Waals surface area contributed by atoms with Gasteiger partial charge in [-0.25, -0.2) is 0 Å². The van der Waals surface area contributed by atoms with Crippen molar-refractivity contribution in [2.75, 3.05) is 0 Å². The number of nitrogens with two attached hydrogens (primary N) is 2. The Kier molecular flexibility index (Phi) is 4.71. The van der Waals surface area contributed by atoms with E-state index < -0.39 is 0 Å². The molecule has 1 unspecified atom stereocenters. The zero-order chi connectivity index (χ0) is 13.1. The first-order valence-electron chi connectivity index (χ1n) is 5.59. The third kappa shape index (κ3) is 4.88. The molecule has 0 aliphatic carbocycles. The number of halogens is 1. The second-order valence-electron chi connectivity index (χ2n) is 5.17. The maximum atomic E-state index is 11.0. The minimum atomic E-state index is -0.280. The van der Waals surface area contributed by atoms with Gasteiger partial charge in [0, 0.05) is 16.9 Å². The van der Waals surface area contributed by atoms with E-state index in [0.29, 0.717) is 6.42 Å². The predicted molar refractivity (Wildman–Crippen MR) is 73.3 cm³/mol. The molecule has 0 saturated carbocycles. The number of rotatable bonds is 5. The van der Waals surface area contributed by atoms with Crippen LogP contribution in [0.5, 0.6) is 0 Å². The summed E-state index contributed by atoms with van der Waals surface area (Å²) < 4.78 is 1.03. The minimum Gasteiger partial charge on any atom is -0.370 e. The van der Waals surface area contributed by atoms with Crippen LogP contribution in [0.2, 0.25) is 0 Å². The molecule has 4 heteroatoms. The Morgan fingerprint density at radius 1 is 1.35 bits per heavy atom. The van der Waals surface area contributed by atoms with E-state index in [1.165, 1.54) is 0 Å². The van der Waals surface area contributed by atoms with Crippen molar-refractivity contribution in [3.63, 3.8) is 0 Å². The molecule has 0 spiro atoms. The Labute approximate surface area is 111 Å². The van der Waals surface area contributed by atoms with Crippen LogP contribution >= 0.6 is 15.9 Å². The number of primary amides is 1. The summed E-state index contributed by atoms with van der Waals surface area (Å²) in [6.07, 6.45) is 1.09. The van der Waals surface area contributed by atoms with Gasteiger partial charge in [0.05, 0.1) is 0 Å². The van der Waals surface area contributed by atoms with Gasteiger partial charge in [-0.3, -0.25) is 4.79 Å². The molecule has 0 radical (unpaired) electrons. The van der Waals surface area contributed by atoms with Gasteiger partial charge in [-0.2, -0.15) is 0 Å². The monoisotopic (exact) mass is 298 g/mol. The zero-order valence-electron chi connectivity index (χ0n) is 10.2. The molecular weight excluding hydrogens is 280 g/mol. The molecule has 0 heterocycles. The predicted octanol–water partition coefficient (Wildman–Crippen LogP) is 2.74. The summed E-state index contributed by atoms with van der Waals surface area (Å²) in [6.45, 7) is 4.02. The molecule has 1 amide bonds. The van der Waals surface area contributed by atoms with Crippen LogP contribution in [0.1, 0.15) is 38.3 Å². The fourth-order valence-corrected chi connectivity index (χ4v) is 2.23. The third-order valence-corrected chi connectivity index (χ3v) is 3.25. The van der Waals surface area contributed by atoms with Crippen molar-refractivity contribution in [1.29, 1.82) is 0 Å². The molecule has 17 heavy (non-hydrogen) atoms. The van der Waals surface area contributed by atoms with Gasteiger partial charge in [0.25, 0.3) is 0 Å². The van der Waals surface area contributed by atoms with Crippen molar-refractivity contribution < 1.29 is 4.79 Å². The topological polar surface area (TPSA) is 69.1 Å². The fourth-order valence-electron chi connectivity index (χ4n) is 1.97. The zero-order valence-corrected chi connectivity index (χ0v) is 11.8. The highest BCUT2D eigenvalue weighted by atomic mass is 79.9. The van der Waals surface area contributed by atoms with Gasteiger partial charge in [0.2, 0.25) is 5.91 Å². The first-order valence-corrected chi connectivity index (χ1v) is 6.39. The van der Waals surface area contributed by atoms with Crippen LogP contribution in [-0.2, 0) is 4.79 Å². The SMILES string of the molecule is CC(C)(CC(N)=O)CC(N)c1ccc(Br)cc1. The quantitative estimate of drug-likeness (QED) is 0.877.